The Labute approximate surface area is 78.3 Å². The summed E-state index contributed by atoms with van der Waals surface area (Å²) in [5, 5.41) is 0. The molecule has 0 saturated heterocycles. The summed E-state index contributed by atoms with van der Waals surface area (Å²) >= 11 is 4.26. The van der Waals surface area contributed by atoms with Crippen molar-refractivity contribution >= 4 is 24.3 Å². The lowest BCUT2D eigenvalue weighted by molar-refractivity contribution is 1.46. The number of hydrogen-bond donors (Lipinski definition) is 1. The predicted molar refractivity (Wildman–Crippen MR) is 57.7 cm³/mol. The van der Waals surface area contributed by atoms with Gasteiger partial charge < -0.3 is 0 Å². The van der Waals surface area contributed by atoms with Gasteiger partial charge in [0.25, 0.3) is 0 Å². The second-order valence-electron chi connectivity index (χ2n) is 2.56. The zero-order chi connectivity index (χ0) is 8.97. The van der Waals surface area contributed by atoms with E-state index in [0.717, 1.165) is 10.5 Å². The summed E-state index contributed by atoms with van der Waals surface area (Å²) in [4.78, 5) is 4.48. The SMILES string of the molecule is C=N/C=C(\S)c1ccc(C)cc1. The van der Waals surface area contributed by atoms with Gasteiger partial charge in [-0.2, -0.15) is 0 Å². The van der Waals surface area contributed by atoms with Gasteiger partial charge in [-0.3, -0.25) is 4.99 Å². The van der Waals surface area contributed by atoms with Crippen LogP contribution in [0.1, 0.15) is 11.1 Å². The van der Waals surface area contributed by atoms with Gasteiger partial charge >= 0.3 is 0 Å². The highest BCUT2D eigenvalue weighted by molar-refractivity contribution is 7.90. The van der Waals surface area contributed by atoms with Gasteiger partial charge in [-0.05, 0) is 19.2 Å². The molecule has 1 rings (SSSR count). The van der Waals surface area contributed by atoms with Gasteiger partial charge in [-0.15, -0.1) is 12.6 Å². The van der Waals surface area contributed by atoms with Gasteiger partial charge in [0.15, 0.2) is 0 Å². The molecule has 0 saturated carbocycles. The Morgan fingerprint density at radius 3 is 2.50 bits per heavy atom. The topological polar surface area (TPSA) is 12.4 Å². The van der Waals surface area contributed by atoms with Crippen LogP contribution in [0.2, 0.25) is 0 Å². The molecule has 0 bridgehead atoms. The second kappa shape index (κ2) is 4.12. The number of aliphatic imine (C=N–C) groups is 1. The van der Waals surface area contributed by atoms with Crippen LogP contribution in [0, 0.1) is 6.92 Å². The number of hydrogen-bond acceptors (Lipinski definition) is 2. The van der Waals surface area contributed by atoms with Crippen LogP contribution < -0.4 is 0 Å². The van der Waals surface area contributed by atoms with Gasteiger partial charge in [0.1, 0.15) is 0 Å². The average Bonchev–Trinajstić information content (AvgIpc) is 2.06. The van der Waals surface area contributed by atoms with Crippen molar-refractivity contribution in [3.63, 3.8) is 0 Å². The first kappa shape index (κ1) is 9.07. The smallest absolute Gasteiger partial charge is 0.0400 e. The van der Waals surface area contributed by atoms with Crippen molar-refractivity contribution in [2.45, 2.75) is 6.92 Å². The van der Waals surface area contributed by atoms with Crippen LogP contribution in [0.5, 0.6) is 0 Å². The van der Waals surface area contributed by atoms with Crippen LogP contribution >= 0.6 is 12.6 Å². The molecular weight excluding hydrogens is 166 g/mol. The Hall–Kier alpha value is -1.02. The molecule has 0 aliphatic carbocycles. The van der Waals surface area contributed by atoms with Crippen LogP contribution in [0.15, 0.2) is 35.5 Å². The van der Waals surface area contributed by atoms with Crippen molar-refractivity contribution in [2.24, 2.45) is 4.99 Å². The molecule has 0 atom stereocenters. The maximum atomic E-state index is 4.26. The Morgan fingerprint density at radius 2 is 2.00 bits per heavy atom. The summed E-state index contributed by atoms with van der Waals surface area (Å²) in [5.41, 5.74) is 2.31. The van der Waals surface area contributed by atoms with E-state index in [0.29, 0.717) is 0 Å². The Morgan fingerprint density at radius 1 is 1.42 bits per heavy atom. The van der Waals surface area contributed by atoms with E-state index in [9.17, 15) is 0 Å². The minimum Gasteiger partial charge on any atom is -0.271 e. The average molecular weight is 177 g/mol. The van der Waals surface area contributed by atoms with Gasteiger partial charge in [0, 0.05) is 11.1 Å². The molecule has 0 amide bonds. The fourth-order valence-electron chi connectivity index (χ4n) is 0.885. The van der Waals surface area contributed by atoms with Crippen LogP contribution in [-0.2, 0) is 0 Å². The minimum atomic E-state index is 0.838. The highest BCUT2D eigenvalue weighted by Crippen LogP contribution is 2.18. The molecule has 62 valence electrons. The zero-order valence-electron chi connectivity index (χ0n) is 6.99. The fourth-order valence-corrected chi connectivity index (χ4v) is 1.12. The van der Waals surface area contributed by atoms with Gasteiger partial charge in [0.2, 0.25) is 0 Å². The molecular formula is C10H11NS. The zero-order valence-corrected chi connectivity index (χ0v) is 7.88. The minimum absolute atomic E-state index is 0.838. The van der Waals surface area contributed by atoms with Gasteiger partial charge in [0.05, 0.1) is 0 Å². The van der Waals surface area contributed by atoms with Crippen LogP contribution in [0.3, 0.4) is 0 Å². The van der Waals surface area contributed by atoms with Gasteiger partial charge in [-0.25, -0.2) is 0 Å². The summed E-state index contributed by atoms with van der Waals surface area (Å²) in [6.07, 6.45) is 1.63. The molecule has 0 N–H and O–H groups in total. The van der Waals surface area contributed by atoms with Crippen molar-refractivity contribution in [3.8, 4) is 0 Å². The molecule has 0 spiro atoms. The number of rotatable bonds is 2. The summed E-state index contributed by atoms with van der Waals surface area (Å²) in [6, 6.07) is 8.11. The number of aryl methyl sites for hydroxylation is 1. The van der Waals surface area contributed by atoms with Crippen molar-refractivity contribution < 1.29 is 0 Å². The lowest BCUT2D eigenvalue weighted by Gasteiger charge is -1.98. The maximum absolute atomic E-state index is 4.26. The molecule has 12 heavy (non-hydrogen) atoms. The van der Waals surface area contributed by atoms with E-state index in [1.54, 1.807) is 6.20 Å². The van der Waals surface area contributed by atoms with E-state index in [1.807, 2.05) is 24.3 Å². The number of nitrogens with zero attached hydrogens (tertiary/aromatic N) is 1. The molecule has 1 aromatic carbocycles. The monoisotopic (exact) mass is 177 g/mol. The summed E-state index contributed by atoms with van der Waals surface area (Å²) < 4.78 is 0. The molecule has 0 fully saturated rings. The Balaban J connectivity index is 2.97. The highest BCUT2D eigenvalue weighted by Gasteiger charge is 1.93. The quantitative estimate of drug-likeness (QED) is 0.527. The Kier molecular flexibility index (Phi) is 3.11. The molecule has 2 heteroatoms. The number of benzene rings is 1. The maximum Gasteiger partial charge on any atom is 0.0400 e. The highest BCUT2D eigenvalue weighted by atomic mass is 32.1. The lowest BCUT2D eigenvalue weighted by Crippen LogP contribution is -1.77. The number of thiol groups is 1. The summed E-state index contributed by atoms with van der Waals surface area (Å²) in [5.74, 6) is 0. The van der Waals surface area contributed by atoms with E-state index >= 15 is 0 Å². The van der Waals surface area contributed by atoms with E-state index < -0.39 is 0 Å². The molecule has 1 nitrogen and oxygen atoms in total. The fraction of sp³-hybridized carbons (Fsp3) is 0.100. The third kappa shape index (κ3) is 2.24. The van der Waals surface area contributed by atoms with Crippen molar-refractivity contribution in [3.05, 3.63) is 41.6 Å². The normalized spacial score (nSPS) is 11.3. The van der Waals surface area contributed by atoms with Crippen molar-refractivity contribution in [1.29, 1.82) is 0 Å². The van der Waals surface area contributed by atoms with E-state index in [-0.39, 0.29) is 0 Å². The van der Waals surface area contributed by atoms with E-state index in [4.69, 9.17) is 0 Å². The molecule has 0 radical (unpaired) electrons. The molecule has 0 heterocycles. The van der Waals surface area contributed by atoms with Crippen LogP contribution in [-0.4, -0.2) is 6.72 Å². The van der Waals surface area contributed by atoms with Gasteiger partial charge in [-0.1, -0.05) is 29.8 Å². The first-order valence-electron chi connectivity index (χ1n) is 3.66. The Bertz CT molecular complexity index is 298. The second-order valence-corrected chi connectivity index (χ2v) is 3.04. The first-order chi connectivity index (χ1) is 5.74. The standard InChI is InChI=1S/C10H11NS/c1-8-3-5-9(6-4-8)10(12)7-11-2/h3-7,12H,2H2,1H3/b10-7-. The van der Waals surface area contributed by atoms with Crippen molar-refractivity contribution in [1.82, 2.24) is 0 Å². The largest absolute Gasteiger partial charge is 0.271 e. The lowest BCUT2D eigenvalue weighted by atomic mass is 10.1. The molecule has 0 unspecified atom stereocenters. The van der Waals surface area contributed by atoms with E-state index in [2.05, 4.69) is 31.3 Å². The van der Waals surface area contributed by atoms with Crippen LogP contribution in [0.25, 0.3) is 4.91 Å². The van der Waals surface area contributed by atoms with E-state index in [1.165, 1.54) is 5.56 Å². The summed E-state index contributed by atoms with van der Waals surface area (Å²) in [7, 11) is 0. The molecule has 0 aromatic heterocycles. The van der Waals surface area contributed by atoms with Crippen molar-refractivity contribution in [2.75, 3.05) is 0 Å². The summed E-state index contributed by atoms with van der Waals surface area (Å²) in [6.45, 7) is 5.42. The third-order valence-corrected chi connectivity index (χ3v) is 1.93. The first-order valence-corrected chi connectivity index (χ1v) is 4.11. The van der Waals surface area contributed by atoms with Crippen LogP contribution in [0.4, 0.5) is 0 Å². The molecule has 0 aliphatic rings. The molecule has 1 aromatic rings. The third-order valence-electron chi connectivity index (χ3n) is 1.56. The predicted octanol–water partition coefficient (Wildman–Crippen LogP) is 2.92. The molecule has 0 aliphatic heterocycles.